The van der Waals surface area contributed by atoms with Gasteiger partial charge in [0, 0.05) is 5.69 Å². The Morgan fingerprint density at radius 2 is 2.00 bits per heavy atom. The molecule has 0 bridgehead atoms. The lowest BCUT2D eigenvalue weighted by atomic mass is 10.1. The van der Waals surface area contributed by atoms with Gasteiger partial charge in [-0.1, -0.05) is 12.1 Å². The molecule has 0 aliphatic heterocycles. The molecule has 5 nitrogen and oxygen atoms in total. The first-order valence-corrected chi connectivity index (χ1v) is 6.33. The number of methoxy groups -OCH3 is 1. The Kier molecular flexibility index (Phi) is 3.82. The maximum Gasteiger partial charge on any atom is 0.350 e. The van der Waals surface area contributed by atoms with Crippen molar-refractivity contribution in [1.29, 1.82) is 0 Å². The molecule has 0 aliphatic rings. The van der Waals surface area contributed by atoms with Crippen molar-refractivity contribution in [2.75, 3.05) is 18.2 Å². The number of esters is 1. The summed E-state index contributed by atoms with van der Waals surface area (Å²) in [5, 5.41) is 4.36. The van der Waals surface area contributed by atoms with Crippen molar-refractivity contribution in [2.24, 2.45) is 0 Å². The van der Waals surface area contributed by atoms with Crippen molar-refractivity contribution in [3.8, 4) is 0 Å². The summed E-state index contributed by atoms with van der Waals surface area (Å²) in [6, 6.07) is 8.38. The van der Waals surface area contributed by atoms with Gasteiger partial charge in [0.2, 0.25) is 0 Å². The van der Waals surface area contributed by atoms with Gasteiger partial charge in [-0.2, -0.15) is 0 Å². The smallest absolute Gasteiger partial charge is 0.350 e. The van der Waals surface area contributed by atoms with E-state index in [0.29, 0.717) is 21.8 Å². The predicted octanol–water partition coefficient (Wildman–Crippen LogP) is 2.37. The fourth-order valence-corrected chi connectivity index (χ4v) is 2.32. The van der Waals surface area contributed by atoms with Crippen molar-refractivity contribution >= 4 is 34.6 Å². The topological polar surface area (TPSA) is 81.4 Å². The predicted molar refractivity (Wildman–Crippen MR) is 74.5 cm³/mol. The number of para-hydroxylation sites is 1. The van der Waals surface area contributed by atoms with Crippen LogP contribution in [0.5, 0.6) is 0 Å². The molecule has 3 N–H and O–H groups in total. The number of nitrogens with two attached hydrogens (primary N) is 1. The number of hydrogen-bond donors (Lipinski definition) is 2. The quantitative estimate of drug-likeness (QED) is 0.666. The minimum Gasteiger partial charge on any atom is -0.465 e. The van der Waals surface area contributed by atoms with Crippen LogP contribution in [0.2, 0.25) is 0 Å². The normalized spacial score (nSPS) is 9.95. The summed E-state index contributed by atoms with van der Waals surface area (Å²) >= 11 is 1.20. The summed E-state index contributed by atoms with van der Waals surface area (Å²) in [6.45, 7) is 0. The maximum atomic E-state index is 12.1. The van der Waals surface area contributed by atoms with Crippen molar-refractivity contribution in [2.45, 2.75) is 0 Å². The molecule has 1 aromatic heterocycles. The van der Waals surface area contributed by atoms with Crippen LogP contribution in [-0.4, -0.2) is 19.0 Å². The number of nitrogens with one attached hydrogen (secondary N) is 1. The van der Waals surface area contributed by atoms with Crippen LogP contribution in [0.1, 0.15) is 20.0 Å². The van der Waals surface area contributed by atoms with Gasteiger partial charge in [-0.15, -0.1) is 11.3 Å². The van der Waals surface area contributed by atoms with E-state index in [-0.39, 0.29) is 5.91 Å². The number of amides is 1. The third-order valence-corrected chi connectivity index (χ3v) is 3.38. The number of carbonyl (C=O) groups is 2. The van der Waals surface area contributed by atoms with E-state index in [1.54, 1.807) is 35.7 Å². The van der Waals surface area contributed by atoms with Gasteiger partial charge >= 0.3 is 5.97 Å². The molecule has 1 heterocycles. The average molecular weight is 276 g/mol. The number of benzene rings is 1. The fraction of sp³-hybridized carbons (Fsp3) is 0.0769. The lowest BCUT2D eigenvalue weighted by molar-refractivity contribution is 0.0607. The van der Waals surface area contributed by atoms with Crippen molar-refractivity contribution < 1.29 is 14.3 Å². The number of nitrogen functional groups attached to an aromatic ring is 1. The van der Waals surface area contributed by atoms with Crippen LogP contribution < -0.4 is 11.1 Å². The van der Waals surface area contributed by atoms with Gasteiger partial charge in [-0.05, 0) is 23.6 Å². The first-order chi connectivity index (χ1) is 9.13. The SMILES string of the molecule is COC(=O)c1sccc1NC(=O)c1ccccc1N. The first kappa shape index (κ1) is 13.1. The second kappa shape index (κ2) is 5.53. The lowest BCUT2D eigenvalue weighted by Crippen LogP contribution is -2.15. The molecule has 0 spiro atoms. The largest absolute Gasteiger partial charge is 0.465 e. The Labute approximate surface area is 114 Å². The molecule has 0 saturated carbocycles. The third-order valence-electron chi connectivity index (χ3n) is 2.49. The lowest BCUT2D eigenvalue weighted by Gasteiger charge is -2.07. The summed E-state index contributed by atoms with van der Waals surface area (Å²) in [4.78, 5) is 23.9. The summed E-state index contributed by atoms with van der Waals surface area (Å²) in [5.74, 6) is -0.840. The highest BCUT2D eigenvalue weighted by molar-refractivity contribution is 7.12. The molecule has 0 aliphatic carbocycles. The van der Waals surface area contributed by atoms with Crippen LogP contribution in [-0.2, 0) is 4.74 Å². The van der Waals surface area contributed by atoms with Crippen LogP contribution in [0.25, 0.3) is 0 Å². The van der Waals surface area contributed by atoms with E-state index in [1.807, 2.05) is 0 Å². The number of thiophene rings is 1. The highest BCUT2D eigenvalue weighted by atomic mass is 32.1. The Hall–Kier alpha value is -2.34. The average Bonchev–Trinajstić information content (AvgIpc) is 2.86. The van der Waals surface area contributed by atoms with E-state index in [1.165, 1.54) is 18.4 Å². The Morgan fingerprint density at radius 3 is 2.68 bits per heavy atom. The maximum absolute atomic E-state index is 12.1. The van der Waals surface area contributed by atoms with Crippen LogP contribution in [0.4, 0.5) is 11.4 Å². The molecule has 2 rings (SSSR count). The van der Waals surface area contributed by atoms with Gasteiger partial charge in [-0.3, -0.25) is 4.79 Å². The number of anilines is 2. The van der Waals surface area contributed by atoms with Crippen LogP contribution in [0, 0.1) is 0 Å². The van der Waals surface area contributed by atoms with E-state index < -0.39 is 5.97 Å². The Balaban J connectivity index is 2.23. The molecule has 0 fully saturated rings. The summed E-state index contributed by atoms with van der Waals surface area (Å²) in [7, 11) is 1.29. The van der Waals surface area contributed by atoms with Crippen LogP contribution in [0.15, 0.2) is 35.7 Å². The molecule has 0 unspecified atom stereocenters. The molecular weight excluding hydrogens is 264 g/mol. The first-order valence-electron chi connectivity index (χ1n) is 5.45. The Bertz CT molecular complexity index is 622. The zero-order chi connectivity index (χ0) is 13.8. The zero-order valence-corrected chi connectivity index (χ0v) is 11.0. The van der Waals surface area contributed by atoms with Gasteiger partial charge in [0.15, 0.2) is 0 Å². The van der Waals surface area contributed by atoms with E-state index in [9.17, 15) is 9.59 Å². The number of hydrogen-bond acceptors (Lipinski definition) is 5. The van der Waals surface area contributed by atoms with Crippen molar-refractivity contribution in [3.05, 3.63) is 46.2 Å². The number of carbonyl (C=O) groups excluding carboxylic acids is 2. The minimum atomic E-state index is -0.480. The summed E-state index contributed by atoms with van der Waals surface area (Å²) in [5.41, 5.74) is 6.90. The number of rotatable bonds is 3. The van der Waals surface area contributed by atoms with Gasteiger partial charge < -0.3 is 15.8 Å². The summed E-state index contributed by atoms with van der Waals surface area (Å²) in [6.07, 6.45) is 0. The molecule has 6 heteroatoms. The van der Waals surface area contributed by atoms with Crippen LogP contribution >= 0.6 is 11.3 Å². The van der Waals surface area contributed by atoms with Gasteiger partial charge in [0.25, 0.3) is 5.91 Å². The van der Waals surface area contributed by atoms with E-state index >= 15 is 0 Å². The molecule has 1 aromatic carbocycles. The molecule has 0 radical (unpaired) electrons. The van der Waals surface area contributed by atoms with Gasteiger partial charge in [-0.25, -0.2) is 4.79 Å². The van der Waals surface area contributed by atoms with Gasteiger partial charge in [0.1, 0.15) is 4.88 Å². The highest BCUT2D eigenvalue weighted by Crippen LogP contribution is 2.24. The zero-order valence-electron chi connectivity index (χ0n) is 10.2. The standard InChI is InChI=1S/C13H12N2O3S/c1-18-13(17)11-10(6-7-19-11)15-12(16)8-4-2-3-5-9(8)14/h2-7H,14H2,1H3,(H,15,16). The fourth-order valence-electron chi connectivity index (χ4n) is 1.55. The van der Waals surface area contributed by atoms with Gasteiger partial charge in [0.05, 0.1) is 18.4 Å². The van der Waals surface area contributed by atoms with E-state index in [2.05, 4.69) is 10.1 Å². The van der Waals surface area contributed by atoms with Crippen molar-refractivity contribution in [1.82, 2.24) is 0 Å². The second-order valence-corrected chi connectivity index (χ2v) is 4.61. The minimum absolute atomic E-state index is 0.352. The molecule has 0 atom stereocenters. The Morgan fingerprint density at radius 1 is 1.26 bits per heavy atom. The second-order valence-electron chi connectivity index (χ2n) is 3.70. The highest BCUT2D eigenvalue weighted by Gasteiger charge is 2.17. The third kappa shape index (κ3) is 2.74. The van der Waals surface area contributed by atoms with E-state index in [4.69, 9.17) is 5.73 Å². The molecular formula is C13H12N2O3S. The number of ether oxygens (including phenoxy) is 1. The molecule has 98 valence electrons. The molecule has 1 amide bonds. The monoisotopic (exact) mass is 276 g/mol. The van der Waals surface area contributed by atoms with Crippen LogP contribution in [0.3, 0.4) is 0 Å². The van der Waals surface area contributed by atoms with Crippen molar-refractivity contribution in [3.63, 3.8) is 0 Å². The molecule has 0 saturated heterocycles. The summed E-state index contributed by atoms with van der Waals surface area (Å²) < 4.78 is 4.64. The van der Waals surface area contributed by atoms with E-state index in [0.717, 1.165) is 0 Å². The molecule has 2 aromatic rings. The molecule has 19 heavy (non-hydrogen) atoms.